The van der Waals surface area contributed by atoms with Crippen molar-refractivity contribution in [2.24, 2.45) is 5.92 Å². The lowest BCUT2D eigenvalue weighted by atomic mass is 9.48. The van der Waals surface area contributed by atoms with Crippen LogP contribution >= 0.6 is 0 Å². The van der Waals surface area contributed by atoms with E-state index in [4.69, 9.17) is 9.47 Å². The number of likely N-dealkylation sites (tertiary alicyclic amines) is 1. The van der Waals surface area contributed by atoms with E-state index in [0.29, 0.717) is 5.75 Å². The monoisotopic (exact) mass is 416 g/mol. The number of carboxylic acids is 1. The molecule has 2 heterocycles. The Morgan fingerprint density at radius 3 is 2.80 bits per heavy atom. The summed E-state index contributed by atoms with van der Waals surface area (Å²) < 4.78 is 13.0. The fourth-order valence-corrected chi connectivity index (χ4v) is 7.09. The number of piperidine rings is 1. The number of ether oxygens (including phenoxy) is 2. The van der Waals surface area contributed by atoms with E-state index in [1.807, 2.05) is 19.9 Å². The van der Waals surface area contributed by atoms with Gasteiger partial charge in [0.2, 0.25) is 0 Å². The van der Waals surface area contributed by atoms with Crippen molar-refractivity contribution in [3.8, 4) is 11.5 Å². The summed E-state index contributed by atoms with van der Waals surface area (Å²) in [6.07, 6.45) is 3.05. The molecule has 3 N–H and O–H groups in total. The Morgan fingerprint density at radius 1 is 1.37 bits per heavy atom. The Hall–Kier alpha value is -1.83. The van der Waals surface area contributed by atoms with Gasteiger partial charge in [-0.05, 0) is 56.8 Å². The average molecular weight is 417 g/mol. The number of methoxy groups -OCH3 is 1. The van der Waals surface area contributed by atoms with Crippen LogP contribution in [0.15, 0.2) is 12.1 Å². The zero-order valence-corrected chi connectivity index (χ0v) is 18.1. The number of carboxylic acid groups (broad SMARTS) is 1. The van der Waals surface area contributed by atoms with Gasteiger partial charge in [-0.25, -0.2) is 0 Å². The summed E-state index contributed by atoms with van der Waals surface area (Å²) in [6.45, 7) is 4.77. The molecule has 0 amide bonds. The lowest BCUT2D eigenvalue weighted by molar-refractivity contribution is -0.204. The van der Waals surface area contributed by atoms with Gasteiger partial charge in [0, 0.05) is 24.8 Å². The molecule has 7 heteroatoms. The molecule has 4 aliphatic rings. The summed E-state index contributed by atoms with van der Waals surface area (Å²) in [5, 5.41) is 23.9. The Balaban J connectivity index is 1.67. The van der Waals surface area contributed by atoms with E-state index in [1.54, 1.807) is 13.2 Å². The molecule has 164 valence electrons. The first-order valence-electron chi connectivity index (χ1n) is 11.0. The zero-order valence-electron chi connectivity index (χ0n) is 18.1. The predicted octanol–water partition coefficient (Wildman–Crippen LogP) is 1.90. The lowest BCUT2D eigenvalue weighted by Gasteiger charge is -2.65. The molecule has 1 aromatic carbocycles. The van der Waals surface area contributed by atoms with Gasteiger partial charge >= 0.3 is 5.97 Å². The smallest absolute Gasteiger partial charge is 0.320 e. The van der Waals surface area contributed by atoms with E-state index in [1.165, 1.54) is 5.56 Å². The minimum atomic E-state index is -0.838. The highest BCUT2D eigenvalue weighted by molar-refractivity contribution is 5.74. The molecule has 2 aliphatic heterocycles. The largest absolute Gasteiger partial charge is 0.504 e. The minimum absolute atomic E-state index is 0.0431. The van der Waals surface area contributed by atoms with Crippen molar-refractivity contribution in [2.45, 2.75) is 74.8 Å². The fourth-order valence-electron chi connectivity index (χ4n) is 7.09. The van der Waals surface area contributed by atoms with E-state index in [-0.39, 0.29) is 29.9 Å². The van der Waals surface area contributed by atoms with Crippen LogP contribution in [0.4, 0.5) is 0 Å². The highest BCUT2D eigenvalue weighted by Crippen LogP contribution is 2.66. The molecule has 1 aromatic rings. The molecule has 7 nitrogen and oxygen atoms in total. The Labute approximate surface area is 177 Å². The van der Waals surface area contributed by atoms with Gasteiger partial charge in [-0.1, -0.05) is 19.9 Å². The number of benzene rings is 1. The highest BCUT2D eigenvalue weighted by atomic mass is 16.5. The Bertz CT molecular complexity index is 889. The summed E-state index contributed by atoms with van der Waals surface area (Å²) in [6, 6.07) is 3.21. The standard InChI is InChI=1S/C23H32N2O5/c1-12(2)18(21(27)28)24-14-7-8-23(29-4)16-11-13-5-6-15(26)19-17(13)22(23,20(14)30-19)9-10-25(16)3/h5-6,12,14,16,18,20,24,26H,7-11H2,1-4H3,(H,27,28)/t14-,16-,18-,20+,22+,23-/m1/s1. The van der Waals surface area contributed by atoms with Crippen LogP contribution in [0.1, 0.15) is 44.2 Å². The third-order valence-electron chi connectivity index (χ3n) is 8.38. The first-order chi connectivity index (χ1) is 14.3. The van der Waals surface area contributed by atoms with Gasteiger partial charge in [-0.2, -0.15) is 0 Å². The summed E-state index contributed by atoms with van der Waals surface area (Å²) in [5.74, 6) is -0.141. The molecule has 1 saturated carbocycles. The minimum Gasteiger partial charge on any atom is -0.504 e. The molecular weight excluding hydrogens is 384 g/mol. The number of rotatable bonds is 5. The molecule has 6 atom stereocenters. The van der Waals surface area contributed by atoms with Gasteiger partial charge < -0.3 is 24.6 Å². The van der Waals surface area contributed by atoms with Crippen LogP contribution in [0.5, 0.6) is 11.5 Å². The van der Waals surface area contributed by atoms with Crippen molar-refractivity contribution in [3.63, 3.8) is 0 Å². The maximum absolute atomic E-state index is 11.9. The van der Waals surface area contributed by atoms with Crippen LogP contribution in [0.2, 0.25) is 0 Å². The molecule has 0 radical (unpaired) electrons. The number of phenolic OH excluding ortho intramolecular Hbond substituents is 1. The Morgan fingerprint density at radius 2 is 2.13 bits per heavy atom. The van der Waals surface area contributed by atoms with Crippen LogP contribution in [0.25, 0.3) is 0 Å². The van der Waals surface area contributed by atoms with Crippen molar-refractivity contribution in [3.05, 3.63) is 23.3 Å². The molecule has 0 aromatic heterocycles. The number of hydrogen-bond acceptors (Lipinski definition) is 6. The second-order valence-electron chi connectivity index (χ2n) is 9.87. The molecule has 2 bridgehead atoms. The van der Waals surface area contributed by atoms with E-state index >= 15 is 0 Å². The molecule has 1 spiro atoms. The molecular formula is C23H32N2O5. The highest BCUT2D eigenvalue weighted by Gasteiger charge is 2.73. The van der Waals surface area contributed by atoms with E-state index in [2.05, 4.69) is 17.3 Å². The lowest BCUT2D eigenvalue weighted by Crippen LogP contribution is -2.78. The number of phenols is 1. The van der Waals surface area contributed by atoms with Gasteiger partial charge in [0.1, 0.15) is 12.1 Å². The topological polar surface area (TPSA) is 91.3 Å². The molecule has 0 unspecified atom stereocenters. The predicted molar refractivity (Wildman–Crippen MR) is 111 cm³/mol. The number of carbonyl (C=O) groups is 1. The number of aromatic hydroxyl groups is 1. The number of aliphatic carboxylic acids is 1. The molecule has 5 rings (SSSR count). The maximum atomic E-state index is 11.9. The van der Waals surface area contributed by atoms with Crippen molar-refractivity contribution >= 4 is 5.97 Å². The third kappa shape index (κ3) is 2.29. The summed E-state index contributed by atoms with van der Waals surface area (Å²) in [7, 11) is 3.97. The van der Waals surface area contributed by atoms with Crippen LogP contribution in [0, 0.1) is 5.92 Å². The second kappa shape index (κ2) is 6.58. The first kappa shape index (κ1) is 20.1. The quantitative estimate of drug-likeness (QED) is 0.675. The number of hydrogen-bond donors (Lipinski definition) is 3. The van der Waals surface area contributed by atoms with Crippen molar-refractivity contribution in [2.75, 3.05) is 20.7 Å². The van der Waals surface area contributed by atoms with Crippen molar-refractivity contribution in [1.82, 2.24) is 10.2 Å². The van der Waals surface area contributed by atoms with Crippen LogP contribution in [0.3, 0.4) is 0 Å². The normalized spacial score (nSPS) is 37.6. The SMILES string of the molecule is CO[C@@]12CC[C@@H](N[C@@H](C(=O)O)C(C)C)[C@@H]3Oc4c(O)ccc5c4[C@@]31CCN(C)[C@@H]2C5. The van der Waals surface area contributed by atoms with Gasteiger partial charge in [0.05, 0.1) is 11.0 Å². The van der Waals surface area contributed by atoms with E-state index < -0.39 is 23.0 Å². The van der Waals surface area contributed by atoms with Crippen LogP contribution < -0.4 is 10.1 Å². The summed E-state index contributed by atoms with van der Waals surface area (Å²) in [5.41, 5.74) is 1.51. The van der Waals surface area contributed by atoms with Crippen molar-refractivity contribution < 1.29 is 24.5 Å². The van der Waals surface area contributed by atoms with E-state index in [9.17, 15) is 15.0 Å². The molecule has 2 fully saturated rings. The number of likely N-dealkylation sites (N-methyl/N-ethyl adjacent to an activating group) is 1. The molecule has 30 heavy (non-hydrogen) atoms. The zero-order chi connectivity index (χ0) is 21.4. The Kier molecular flexibility index (Phi) is 4.41. The number of nitrogens with zero attached hydrogens (tertiary/aromatic N) is 1. The van der Waals surface area contributed by atoms with Crippen LogP contribution in [-0.4, -0.2) is 71.6 Å². The second-order valence-corrected chi connectivity index (χ2v) is 9.87. The molecule has 2 aliphatic carbocycles. The average Bonchev–Trinajstić information content (AvgIpc) is 3.06. The van der Waals surface area contributed by atoms with Gasteiger partial charge in [0.25, 0.3) is 0 Å². The van der Waals surface area contributed by atoms with E-state index in [0.717, 1.165) is 37.8 Å². The summed E-state index contributed by atoms with van der Waals surface area (Å²) in [4.78, 5) is 14.3. The van der Waals surface area contributed by atoms with Crippen molar-refractivity contribution in [1.29, 1.82) is 0 Å². The van der Waals surface area contributed by atoms with Gasteiger partial charge in [-0.15, -0.1) is 0 Å². The molecule has 1 saturated heterocycles. The first-order valence-corrected chi connectivity index (χ1v) is 11.0. The maximum Gasteiger partial charge on any atom is 0.320 e. The number of nitrogens with one attached hydrogen (secondary N) is 1. The van der Waals surface area contributed by atoms with Gasteiger partial charge in [0.15, 0.2) is 11.5 Å². The third-order valence-corrected chi connectivity index (χ3v) is 8.38. The fraction of sp³-hybridized carbons (Fsp3) is 0.696. The van der Waals surface area contributed by atoms with Gasteiger partial charge in [-0.3, -0.25) is 10.1 Å². The summed E-state index contributed by atoms with van der Waals surface area (Å²) >= 11 is 0. The van der Waals surface area contributed by atoms with Crippen LogP contribution in [-0.2, 0) is 21.4 Å².